The van der Waals surface area contributed by atoms with E-state index in [1.54, 1.807) is 6.20 Å². The van der Waals surface area contributed by atoms with Gasteiger partial charge < -0.3 is 19.9 Å². The molecule has 0 bridgehead atoms. The lowest BCUT2D eigenvalue weighted by Crippen LogP contribution is -2.44. The highest BCUT2D eigenvalue weighted by atomic mass is 35.5. The summed E-state index contributed by atoms with van der Waals surface area (Å²) >= 11 is 6.81. The first-order valence-electron chi connectivity index (χ1n) is 13.2. The molecule has 0 saturated carbocycles. The Labute approximate surface area is 232 Å². The maximum atomic E-state index is 14.3. The number of fused-ring (bicyclic) bond motifs is 1. The van der Waals surface area contributed by atoms with Gasteiger partial charge in [-0.25, -0.2) is 19.3 Å². The Balaban J connectivity index is 1.46. The lowest BCUT2D eigenvalue weighted by atomic mass is 10.2. The van der Waals surface area contributed by atoms with Crippen molar-refractivity contribution < 1.29 is 9.13 Å². The topological polar surface area (TPSA) is 93.0 Å². The number of nitrogens with one attached hydrogen (secondary N) is 2. The Morgan fingerprint density at radius 3 is 2.69 bits per heavy atom. The average molecular weight is 553 g/mol. The van der Waals surface area contributed by atoms with Gasteiger partial charge in [-0.05, 0) is 56.7 Å². The smallest absolute Gasteiger partial charge is 0.166 e. The fourth-order valence-corrected chi connectivity index (χ4v) is 4.81. The molecule has 0 unspecified atom stereocenters. The van der Waals surface area contributed by atoms with E-state index in [1.807, 2.05) is 41.8 Å². The van der Waals surface area contributed by atoms with Crippen LogP contribution in [0.15, 0.2) is 42.9 Å². The third-order valence-electron chi connectivity index (χ3n) is 6.57. The zero-order valence-electron chi connectivity index (χ0n) is 22.5. The maximum Gasteiger partial charge on any atom is 0.166 e. The van der Waals surface area contributed by atoms with Crippen molar-refractivity contribution in [2.75, 3.05) is 51.2 Å². The standard InChI is InChI=1S/C28H34ClFN8O/c1-19-6-7-32-20(14-19)16-38-26(36-24-25(33-17-28(2,3)30)34-18-35-27(24)38)22-5-4-21(15-23(22)29)39-13-12-37-10-8-31-9-11-37/h4-7,14-15,18,31H,8-13,16-17H2,1-3H3,(H,33,34,35). The molecule has 0 spiro atoms. The second-order valence-corrected chi connectivity index (χ2v) is 10.8. The van der Waals surface area contributed by atoms with E-state index in [-0.39, 0.29) is 6.54 Å². The molecule has 5 rings (SSSR count). The van der Waals surface area contributed by atoms with E-state index in [1.165, 1.54) is 20.2 Å². The van der Waals surface area contributed by atoms with Gasteiger partial charge in [0, 0.05) is 51.0 Å². The molecule has 1 aliphatic rings. The predicted octanol–water partition coefficient (Wildman–Crippen LogP) is 4.34. The second kappa shape index (κ2) is 11.8. The summed E-state index contributed by atoms with van der Waals surface area (Å²) in [4.78, 5) is 20.7. The Morgan fingerprint density at radius 1 is 1.13 bits per heavy atom. The maximum absolute atomic E-state index is 14.3. The molecular weight excluding hydrogens is 519 g/mol. The van der Waals surface area contributed by atoms with Crippen molar-refractivity contribution in [2.45, 2.75) is 33.0 Å². The molecule has 39 heavy (non-hydrogen) atoms. The van der Waals surface area contributed by atoms with Crippen molar-refractivity contribution in [3.63, 3.8) is 0 Å². The number of ether oxygens (including phenoxy) is 1. The molecule has 11 heteroatoms. The zero-order chi connectivity index (χ0) is 27.4. The van der Waals surface area contributed by atoms with Crippen molar-refractivity contribution in [3.8, 4) is 17.1 Å². The number of nitrogens with zero attached hydrogens (tertiary/aromatic N) is 6. The van der Waals surface area contributed by atoms with Gasteiger partial charge in [0.25, 0.3) is 0 Å². The van der Waals surface area contributed by atoms with Crippen LogP contribution in [-0.2, 0) is 6.54 Å². The van der Waals surface area contributed by atoms with Crippen molar-refractivity contribution in [1.82, 2.24) is 34.7 Å². The fourth-order valence-electron chi connectivity index (χ4n) is 4.56. The van der Waals surface area contributed by atoms with Crippen molar-refractivity contribution >= 4 is 28.6 Å². The van der Waals surface area contributed by atoms with Gasteiger partial charge in [0.1, 0.15) is 30.2 Å². The molecule has 4 heterocycles. The van der Waals surface area contributed by atoms with Crippen LogP contribution in [0.3, 0.4) is 0 Å². The second-order valence-electron chi connectivity index (χ2n) is 10.4. The molecule has 0 amide bonds. The van der Waals surface area contributed by atoms with Crippen LogP contribution in [0, 0.1) is 6.92 Å². The summed E-state index contributed by atoms with van der Waals surface area (Å²) in [5.74, 6) is 1.79. The molecule has 3 aromatic heterocycles. The molecule has 1 saturated heterocycles. The number of hydrogen-bond donors (Lipinski definition) is 2. The Hall–Kier alpha value is -3.34. The van der Waals surface area contributed by atoms with Crippen molar-refractivity contribution in [3.05, 3.63) is 59.1 Å². The van der Waals surface area contributed by atoms with Crippen molar-refractivity contribution in [2.24, 2.45) is 0 Å². The number of aromatic nitrogens is 5. The summed E-state index contributed by atoms with van der Waals surface area (Å²) < 4.78 is 22.2. The van der Waals surface area contributed by atoms with Crippen molar-refractivity contribution in [1.29, 1.82) is 0 Å². The molecule has 4 aromatic rings. The Kier molecular flexibility index (Phi) is 8.25. The molecule has 0 aliphatic carbocycles. The van der Waals surface area contributed by atoms with Gasteiger partial charge in [-0.15, -0.1) is 0 Å². The number of halogens is 2. The highest BCUT2D eigenvalue weighted by Crippen LogP contribution is 2.34. The van der Waals surface area contributed by atoms with Crippen LogP contribution in [0.4, 0.5) is 10.2 Å². The monoisotopic (exact) mass is 552 g/mol. The number of benzene rings is 1. The molecule has 1 aliphatic heterocycles. The molecule has 206 valence electrons. The molecule has 0 atom stereocenters. The van der Waals surface area contributed by atoms with Gasteiger partial charge in [-0.3, -0.25) is 9.88 Å². The minimum atomic E-state index is -1.42. The van der Waals surface area contributed by atoms with E-state index in [0.717, 1.165) is 49.5 Å². The van der Waals surface area contributed by atoms with E-state index < -0.39 is 5.67 Å². The first-order valence-corrected chi connectivity index (χ1v) is 13.6. The van der Waals surface area contributed by atoms with Crippen LogP contribution in [0.25, 0.3) is 22.6 Å². The van der Waals surface area contributed by atoms with Gasteiger partial charge in [-0.2, -0.15) is 0 Å². The summed E-state index contributed by atoms with van der Waals surface area (Å²) in [7, 11) is 0. The van der Waals surface area contributed by atoms with Crippen LogP contribution in [0.1, 0.15) is 25.1 Å². The molecule has 1 fully saturated rings. The van der Waals surface area contributed by atoms with E-state index in [2.05, 4.69) is 30.5 Å². The number of imidazole rings is 1. The van der Waals surface area contributed by atoms with Crippen LogP contribution >= 0.6 is 11.6 Å². The quantitative estimate of drug-likeness (QED) is 0.300. The number of rotatable bonds is 10. The summed E-state index contributed by atoms with van der Waals surface area (Å²) in [5.41, 5.74) is 2.42. The van der Waals surface area contributed by atoms with E-state index in [9.17, 15) is 4.39 Å². The Bertz CT molecular complexity index is 1430. The fraction of sp³-hybridized carbons (Fsp3) is 0.429. The molecule has 2 N–H and O–H groups in total. The number of pyridine rings is 1. The minimum absolute atomic E-state index is 0.0848. The van der Waals surface area contributed by atoms with E-state index >= 15 is 0 Å². The minimum Gasteiger partial charge on any atom is -0.492 e. The highest BCUT2D eigenvalue weighted by Gasteiger charge is 2.22. The molecular formula is C28H34ClFN8O. The van der Waals surface area contributed by atoms with Gasteiger partial charge in [0.2, 0.25) is 0 Å². The van der Waals surface area contributed by atoms with Gasteiger partial charge in [0.05, 0.1) is 17.3 Å². The van der Waals surface area contributed by atoms with Crippen LogP contribution in [-0.4, -0.2) is 80.9 Å². The third-order valence-corrected chi connectivity index (χ3v) is 6.88. The number of hydrogen-bond acceptors (Lipinski definition) is 8. The molecule has 0 radical (unpaired) electrons. The van der Waals surface area contributed by atoms with Crippen LogP contribution < -0.4 is 15.4 Å². The summed E-state index contributed by atoms with van der Waals surface area (Å²) in [6, 6.07) is 9.62. The number of aryl methyl sites for hydroxylation is 1. The number of piperazine rings is 1. The predicted molar refractivity (Wildman–Crippen MR) is 152 cm³/mol. The third kappa shape index (κ3) is 6.81. The number of anilines is 1. The zero-order valence-corrected chi connectivity index (χ0v) is 23.3. The summed E-state index contributed by atoms with van der Waals surface area (Å²) in [6.07, 6.45) is 3.24. The first kappa shape index (κ1) is 27.2. The van der Waals surface area contributed by atoms with Crippen LogP contribution in [0.2, 0.25) is 5.02 Å². The highest BCUT2D eigenvalue weighted by molar-refractivity contribution is 6.33. The SMILES string of the molecule is Cc1ccnc(Cn2c(-c3ccc(OCCN4CCNCC4)cc3Cl)nc3c(NCC(C)(C)F)ncnc32)c1. The largest absolute Gasteiger partial charge is 0.492 e. The lowest BCUT2D eigenvalue weighted by molar-refractivity contribution is 0.191. The van der Waals surface area contributed by atoms with Gasteiger partial charge >= 0.3 is 0 Å². The van der Waals surface area contributed by atoms with Crippen LogP contribution in [0.5, 0.6) is 5.75 Å². The molecule has 9 nitrogen and oxygen atoms in total. The number of alkyl halides is 1. The average Bonchev–Trinajstić information content (AvgIpc) is 3.26. The van der Waals surface area contributed by atoms with Gasteiger partial charge in [-0.1, -0.05) is 11.6 Å². The summed E-state index contributed by atoms with van der Waals surface area (Å²) in [6.45, 7) is 11.1. The molecule has 1 aromatic carbocycles. The van der Waals surface area contributed by atoms with E-state index in [4.69, 9.17) is 21.3 Å². The Morgan fingerprint density at radius 2 is 1.95 bits per heavy atom. The van der Waals surface area contributed by atoms with E-state index in [0.29, 0.717) is 46.7 Å². The lowest BCUT2D eigenvalue weighted by Gasteiger charge is -2.26. The van der Waals surface area contributed by atoms with Gasteiger partial charge in [0.15, 0.2) is 17.0 Å². The normalized spacial score (nSPS) is 14.6. The summed E-state index contributed by atoms with van der Waals surface area (Å²) in [5, 5.41) is 6.96. The first-order chi connectivity index (χ1) is 18.8.